The van der Waals surface area contributed by atoms with Crippen LogP contribution in [0, 0.1) is 24.5 Å². The molecule has 0 aliphatic carbocycles. The topological polar surface area (TPSA) is 24.9 Å². The molecule has 0 unspecified atom stereocenters. The normalized spacial score (nSPS) is 10.6. The van der Waals surface area contributed by atoms with Gasteiger partial charge in [0.25, 0.3) is 5.95 Å². The zero-order chi connectivity index (χ0) is 14.2. The van der Waals surface area contributed by atoms with E-state index < -0.39 is 23.4 Å². The van der Waals surface area contributed by atoms with Crippen molar-refractivity contribution in [1.82, 2.24) is 4.98 Å². The molecule has 1 N–H and O–H groups in total. The van der Waals surface area contributed by atoms with Crippen LogP contribution in [0.1, 0.15) is 5.56 Å². The van der Waals surface area contributed by atoms with Crippen LogP contribution in [0.2, 0.25) is 5.02 Å². The Morgan fingerprint density at radius 3 is 2.53 bits per heavy atom. The summed E-state index contributed by atoms with van der Waals surface area (Å²) in [5.74, 6) is -4.13. The third kappa shape index (κ3) is 3.01. The number of aromatic nitrogens is 1. The fraction of sp³-hybridized carbons (Fsp3) is 0.0833. The Balaban J connectivity index is 2.42. The molecule has 7 heteroatoms. The highest BCUT2D eigenvalue weighted by Crippen LogP contribution is 2.31. The van der Waals surface area contributed by atoms with Crippen molar-refractivity contribution < 1.29 is 13.2 Å². The Hall–Kier alpha value is -1.27. The molecule has 100 valence electrons. The first kappa shape index (κ1) is 14.1. The van der Waals surface area contributed by atoms with Crippen LogP contribution in [-0.2, 0) is 0 Å². The number of nitrogens with zero attached hydrogens (tertiary/aromatic N) is 1. The monoisotopic (exact) mass is 350 g/mol. The molecule has 1 heterocycles. The van der Waals surface area contributed by atoms with Crippen molar-refractivity contribution in [3.8, 4) is 0 Å². The molecule has 0 atom stereocenters. The summed E-state index contributed by atoms with van der Waals surface area (Å²) in [5.41, 5.74) is 1.21. The van der Waals surface area contributed by atoms with Gasteiger partial charge in [0.1, 0.15) is 0 Å². The average Bonchev–Trinajstić information content (AvgIpc) is 2.32. The fourth-order valence-electron chi connectivity index (χ4n) is 1.40. The molecule has 2 aromatic rings. The van der Waals surface area contributed by atoms with E-state index in [2.05, 4.69) is 26.2 Å². The predicted molar refractivity (Wildman–Crippen MR) is 71.3 cm³/mol. The minimum Gasteiger partial charge on any atom is -0.337 e. The number of hydrogen-bond acceptors (Lipinski definition) is 2. The predicted octanol–water partition coefficient (Wildman–Crippen LogP) is 4.97. The van der Waals surface area contributed by atoms with Crippen molar-refractivity contribution in [2.45, 2.75) is 6.92 Å². The maximum atomic E-state index is 13.4. The van der Waals surface area contributed by atoms with Gasteiger partial charge < -0.3 is 5.32 Å². The summed E-state index contributed by atoms with van der Waals surface area (Å²) in [4.78, 5) is 3.17. The van der Waals surface area contributed by atoms with Crippen LogP contribution >= 0.6 is 27.5 Å². The third-order valence-corrected chi connectivity index (χ3v) is 3.45. The summed E-state index contributed by atoms with van der Waals surface area (Å²) in [6, 6.07) is 3.67. The van der Waals surface area contributed by atoms with Crippen LogP contribution in [0.5, 0.6) is 0 Å². The van der Waals surface area contributed by atoms with Gasteiger partial charge in [0.2, 0.25) is 0 Å². The number of aryl methyl sites for hydroxylation is 1. The van der Waals surface area contributed by atoms with Gasteiger partial charge in [-0.1, -0.05) is 11.6 Å². The summed E-state index contributed by atoms with van der Waals surface area (Å²) < 4.78 is 39.8. The first-order valence-electron chi connectivity index (χ1n) is 5.12. The van der Waals surface area contributed by atoms with Crippen LogP contribution in [0.4, 0.5) is 24.7 Å². The molecule has 0 fully saturated rings. The van der Waals surface area contributed by atoms with Crippen LogP contribution in [0.25, 0.3) is 0 Å². The maximum absolute atomic E-state index is 13.4. The lowest BCUT2D eigenvalue weighted by Gasteiger charge is -2.10. The molecule has 0 aliphatic rings. The van der Waals surface area contributed by atoms with E-state index in [1.807, 2.05) is 0 Å². The number of halogens is 5. The quantitative estimate of drug-likeness (QED) is 0.773. The highest BCUT2D eigenvalue weighted by molar-refractivity contribution is 9.10. The minimum absolute atomic E-state index is 0.396. The molecule has 0 bridgehead atoms. The van der Waals surface area contributed by atoms with E-state index in [0.29, 0.717) is 21.2 Å². The van der Waals surface area contributed by atoms with Gasteiger partial charge in [-0.15, -0.1) is 0 Å². The van der Waals surface area contributed by atoms with Crippen molar-refractivity contribution in [1.29, 1.82) is 0 Å². The van der Waals surface area contributed by atoms with Gasteiger partial charge in [0.15, 0.2) is 17.5 Å². The second-order valence-electron chi connectivity index (χ2n) is 3.80. The number of anilines is 2. The van der Waals surface area contributed by atoms with E-state index in [0.717, 1.165) is 5.56 Å². The van der Waals surface area contributed by atoms with Gasteiger partial charge >= 0.3 is 0 Å². The lowest BCUT2D eigenvalue weighted by molar-refractivity contribution is 0.467. The van der Waals surface area contributed by atoms with Crippen LogP contribution in [-0.4, -0.2) is 4.98 Å². The van der Waals surface area contributed by atoms with E-state index in [4.69, 9.17) is 11.6 Å². The number of nitrogens with one attached hydrogen (secondary N) is 1. The first-order valence-corrected chi connectivity index (χ1v) is 6.30. The molecule has 19 heavy (non-hydrogen) atoms. The Morgan fingerprint density at radius 2 is 1.84 bits per heavy atom. The summed E-state index contributed by atoms with van der Waals surface area (Å²) in [7, 11) is 0. The molecular weight excluding hydrogens is 344 g/mol. The smallest absolute Gasteiger partial charge is 0.251 e. The standard InChI is InChI=1S/C12H7BrClF3N2/c1-5-2-6(13)10(3-7(5)14)18-12-9(16)4-8(15)11(17)19-12/h2-4H,1H3,(H,18,19). The molecule has 0 radical (unpaired) electrons. The van der Waals surface area contributed by atoms with E-state index in [9.17, 15) is 13.2 Å². The van der Waals surface area contributed by atoms with E-state index in [1.54, 1.807) is 13.0 Å². The Morgan fingerprint density at radius 1 is 1.16 bits per heavy atom. The molecule has 0 amide bonds. The highest BCUT2D eigenvalue weighted by Gasteiger charge is 2.13. The van der Waals surface area contributed by atoms with Gasteiger partial charge in [-0.3, -0.25) is 0 Å². The summed E-state index contributed by atoms with van der Waals surface area (Å²) >= 11 is 9.20. The Bertz CT molecular complexity index is 594. The lowest BCUT2D eigenvalue weighted by Crippen LogP contribution is -2.02. The zero-order valence-electron chi connectivity index (χ0n) is 9.57. The summed E-state index contributed by atoms with van der Waals surface area (Å²) in [6.45, 7) is 1.80. The number of benzene rings is 1. The fourth-order valence-corrected chi connectivity index (χ4v) is 2.12. The SMILES string of the molecule is Cc1cc(Br)c(Nc2nc(F)c(F)cc2F)cc1Cl. The molecule has 0 spiro atoms. The summed E-state index contributed by atoms with van der Waals surface area (Å²) in [5, 5.41) is 3.00. The van der Waals surface area contributed by atoms with Crippen molar-refractivity contribution >= 4 is 39.0 Å². The molecule has 0 saturated carbocycles. The third-order valence-electron chi connectivity index (χ3n) is 2.39. The van der Waals surface area contributed by atoms with Crippen LogP contribution in [0.3, 0.4) is 0 Å². The zero-order valence-corrected chi connectivity index (χ0v) is 11.9. The second-order valence-corrected chi connectivity index (χ2v) is 5.06. The largest absolute Gasteiger partial charge is 0.337 e. The Labute approximate surface area is 120 Å². The highest BCUT2D eigenvalue weighted by atomic mass is 79.9. The van der Waals surface area contributed by atoms with Crippen molar-refractivity contribution in [3.05, 3.63) is 50.8 Å². The lowest BCUT2D eigenvalue weighted by atomic mass is 10.2. The van der Waals surface area contributed by atoms with Crippen molar-refractivity contribution in [3.63, 3.8) is 0 Å². The molecule has 2 nitrogen and oxygen atoms in total. The molecule has 1 aromatic carbocycles. The van der Waals surface area contributed by atoms with Crippen LogP contribution < -0.4 is 5.32 Å². The van der Waals surface area contributed by atoms with Gasteiger partial charge in [0.05, 0.1) is 5.69 Å². The molecule has 0 aliphatic heterocycles. The molecule has 1 aromatic heterocycles. The Kier molecular flexibility index (Phi) is 4.01. The maximum Gasteiger partial charge on any atom is 0.251 e. The molecular formula is C12H7BrClF3N2. The van der Waals surface area contributed by atoms with Crippen molar-refractivity contribution in [2.75, 3.05) is 5.32 Å². The number of pyridine rings is 1. The first-order chi connectivity index (χ1) is 8.88. The van der Waals surface area contributed by atoms with Crippen LogP contribution in [0.15, 0.2) is 22.7 Å². The second kappa shape index (κ2) is 5.38. The summed E-state index contributed by atoms with van der Waals surface area (Å²) in [6.07, 6.45) is 0. The average molecular weight is 352 g/mol. The minimum atomic E-state index is -1.38. The van der Waals surface area contributed by atoms with E-state index in [-0.39, 0.29) is 0 Å². The molecule has 0 saturated heterocycles. The number of rotatable bonds is 2. The van der Waals surface area contributed by atoms with Gasteiger partial charge in [-0.2, -0.15) is 9.37 Å². The van der Waals surface area contributed by atoms with E-state index >= 15 is 0 Å². The van der Waals surface area contributed by atoms with Gasteiger partial charge in [-0.05, 0) is 40.5 Å². The molecule has 2 rings (SSSR count). The van der Waals surface area contributed by atoms with Gasteiger partial charge in [-0.25, -0.2) is 8.78 Å². The number of hydrogen-bond donors (Lipinski definition) is 1. The van der Waals surface area contributed by atoms with Gasteiger partial charge in [0, 0.05) is 15.6 Å². The van der Waals surface area contributed by atoms with E-state index in [1.165, 1.54) is 6.07 Å². The van der Waals surface area contributed by atoms with Crippen molar-refractivity contribution in [2.24, 2.45) is 0 Å².